The minimum absolute atomic E-state index is 0.00230. The average Bonchev–Trinajstić information content (AvgIpc) is 3.20. The quantitative estimate of drug-likeness (QED) is 0.770. The highest BCUT2D eigenvalue weighted by Crippen LogP contribution is 2.25. The van der Waals surface area contributed by atoms with Crippen molar-refractivity contribution in [1.82, 2.24) is 14.8 Å². The lowest BCUT2D eigenvalue weighted by molar-refractivity contribution is -0.121. The number of aryl methyl sites for hydroxylation is 1. The Kier molecular flexibility index (Phi) is 6.99. The highest BCUT2D eigenvalue weighted by atomic mass is 32.1. The zero-order valence-corrected chi connectivity index (χ0v) is 19.0. The maximum atomic E-state index is 12.9. The van der Waals surface area contributed by atoms with Crippen LogP contribution in [0.3, 0.4) is 0 Å². The van der Waals surface area contributed by atoms with E-state index in [-0.39, 0.29) is 17.7 Å². The van der Waals surface area contributed by atoms with Gasteiger partial charge in [0.2, 0.25) is 5.91 Å². The predicted molar refractivity (Wildman–Crippen MR) is 121 cm³/mol. The zero-order valence-electron chi connectivity index (χ0n) is 18.2. The van der Waals surface area contributed by atoms with Gasteiger partial charge in [-0.2, -0.15) is 0 Å². The smallest absolute Gasteiger partial charge is 0.254 e. The first-order chi connectivity index (χ1) is 15.0. The Morgan fingerprint density at radius 2 is 1.90 bits per heavy atom. The predicted octanol–water partition coefficient (Wildman–Crippen LogP) is 3.08. The first-order valence-electron chi connectivity index (χ1n) is 10.9. The number of nitrogens with one attached hydrogen (secondary N) is 1. The van der Waals surface area contributed by atoms with E-state index in [1.165, 1.54) is 0 Å². The Morgan fingerprint density at radius 1 is 1.16 bits per heavy atom. The van der Waals surface area contributed by atoms with Gasteiger partial charge in [0, 0.05) is 42.2 Å². The number of carbonyl (C=O) groups is 2. The molecule has 2 aliphatic rings. The molecule has 7 nitrogen and oxygen atoms in total. The lowest BCUT2D eigenvalue weighted by Crippen LogP contribution is -2.41. The fourth-order valence-corrected chi connectivity index (χ4v) is 4.84. The van der Waals surface area contributed by atoms with Crippen molar-refractivity contribution < 1.29 is 14.3 Å². The largest absolute Gasteiger partial charge is 0.378 e. The van der Waals surface area contributed by atoms with E-state index in [4.69, 9.17) is 4.74 Å². The number of amides is 2. The van der Waals surface area contributed by atoms with Crippen LogP contribution in [0.5, 0.6) is 0 Å². The fraction of sp³-hybridized carbons (Fsp3) is 0.522. The van der Waals surface area contributed by atoms with Gasteiger partial charge in [-0.15, -0.1) is 11.3 Å². The maximum absolute atomic E-state index is 12.9. The summed E-state index contributed by atoms with van der Waals surface area (Å²) < 4.78 is 5.34. The second-order valence-corrected chi connectivity index (χ2v) is 9.34. The van der Waals surface area contributed by atoms with Crippen LogP contribution in [0.2, 0.25) is 0 Å². The Bertz CT molecular complexity index is 931. The average molecular weight is 443 g/mol. The number of nitrogens with zero attached hydrogens (tertiary/aromatic N) is 3. The molecule has 2 amide bonds. The van der Waals surface area contributed by atoms with Gasteiger partial charge in [-0.1, -0.05) is 6.07 Å². The fourth-order valence-electron chi connectivity index (χ4n) is 4.24. The van der Waals surface area contributed by atoms with Crippen LogP contribution in [0.4, 0.5) is 5.69 Å². The number of likely N-dealkylation sites (tertiary alicyclic amines) is 1. The summed E-state index contributed by atoms with van der Waals surface area (Å²) in [5, 5.41) is 6.29. The van der Waals surface area contributed by atoms with Crippen molar-refractivity contribution in [2.45, 2.75) is 33.2 Å². The molecule has 2 saturated heterocycles. The second-order valence-electron chi connectivity index (χ2n) is 8.28. The van der Waals surface area contributed by atoms with Crippen LogP contribution in [0.1, 0.15) is 39.5 Å². The molecule has 2 aliphatic heterocycles. The van der Waals surface area contributed by atoms with Gasteiger partial charge < -0.3 is 15.0 Å². The maximum Gasteiger partial charge on any atom is 0.254 e. The first-order valence-corrected chi connectivity index (χ1v) is 11.8. The summed E-state index contributed by atoms with van der Waals surface area (Å²) in [7, 11) is 0. The topological polar surface area (TPSA) is 74.8 Å². The summed E-state index contributed by atoms with van der Waals surface area (Å²) in [5.74, 6) is 0.0390. The molecule has 1 aromatic heterocycles. The van der Waals surface area contributed by atoms with Crippen molar-refractivity contribution in [2.75, 3.05) is 44.7 Å². The number of hydrogen-bond donors (Lipinski definition) is 1. The van der Waals surface area contributed by atoms with Crippen molar-refractivity contribution in [3.05, 3.63) is 45.4 Å². The van der Waals surface area contributed by atoms with Gasteiger partial charge in [-0.05, 0) is 57.5 Å². The molecule has 166 valence electrons. The number of ether oxygens (including phenoxy) is 1. The van der Waals surface area contributed by atoms with E-state index in [1.807, 2.05) is 36.9 Å². The van der Waals surface area contributed by atoms with Crippen molar-refractivity contribution in [2.24, 2.45) is 5.92 Å². The molecule has 2 aromatic rings. The highest BCUT2D eigenvalue weighted by Gasteiger charge is 2.26. The van der Waals surface area contributed by atoms with Crippen LogP contribution in [-0.2, 0) is 16.1 Å². The Labute approximate surface area is 187 Å². The molecule has 1 N–H and O–H groups in total. The lowest BCUT2D eigenvalue weighted by atomic mass is 9.95. The van der Waals surface area contributed by atoms with E-state index < -0.39 is 0 Å². The summed E-state index contributed by atoms with van der Waals surface area (Å²) in [6.07, 6.45) is 1.67. The molecular weight excluding hydrogens is 412 g/mol. The van der Waals surface area contributed by atoms with E-state index >= 15 is 0 Å². The number of aromatic nitrogens is 1. The van der Waals surface area contributed by atoms with Crippen molar-refractivity contribution >= 4 is 28.8 Å². The van der Waals surface area contributed by atoms with Gasteiger partial charge in [0.1, 0.15) is 0 Å². The number of carbonyl (C=O) groups excluding carboxylic acids is 2. The van der Waals surface area contributed by atoms with Crippen molar-refractivity contribution in [3.8, 4) is 0 Å². The summed E-state index contributed by atoms with van der Waals surface area (Å²) in [4.78, 5) is 34.5. The van der Waals surface area contributed by atoms with Crippen molar-refractivity contribution in [1.29, 1.82) is 0 Å². The van der Waals surface area contributed by atoms with Crippen molar-refractivity contribution in [3.63, 3.8) is 0 Å². The van der Waals surface area contributed by atoms with Crippen LogP contribution in [0, 0.1) is 19.8 Å². The molecule has 0 saturated carbocycles. The Balaban J connectivity index is 1.34. The number of morpholine rings is 1. The molecule has 0 radical (unpaired) electrons. The third kappa shape index (κ3) is 5.31. The third-order valence-electron chi connectivity index (χ3n) is 6.13. The third-order valence-corrected chi connectivity index (χ3v) is 6.95. The molecule has 4 rings (SSSR count). The molecule has 0 spiro atoms. The van der Waals surface area contributed by atoms with Gasteiger partial charge in [-0.3, -0.25) is 14.5 Å². The van der Waals surface area contributed by atoms with E-state index in [0.717, 1.165) is 54.4 Å². The molecule has 0 aliphatic carbocycles. The standard InChI is InChI=1S/C23H30N4O3S/c1-16-20(23(29)27-10-12-30-13-11-27)4-3-5-21(16)25-22(28)18-6-8-26(9-7-18)14-19-15-31-17(2)24-19/h3-5,15,18H,6-14H2,1-2H3,(H,25,28). The SMILES string of the molecule is Cc1nc(CN2CCC(C(=O)Nc3cccc(C(=O)N4CCOCC4)c3C)CC2)cs1. The summed E-state index contributed by atoms with van der Waals surface area (Å²) in [6, 6.07) is 5.55. The number of benzene rings is 1. The van der Waals surface area contributed by atoms with E-state index in [9.17, 15) is 9.59 Å². The molecule has 3 heterocycles. The first kappa shape index (κ1) is 21.9. The molecule has 31 heavy (non-hydrogen) atoms. The van der Waals surface area contributed by atoms with Crippen LogP contribution < -0.4 is 5.32 Å². The minimum atomic E-state index is -0.00794. The summed E-state index contributed by atoms with van der Waals surface area (Å²) in [5.41, 5.74) is 3.31. The van der Waals surface area contributed by atoms with Crippen LogP contribution in [-0.4, -0.2) is 66.0 Å². The zero-order chi connectivity index (χ0) is 21.8. The molecular formula is C23H30N4O3S. The Morgan fingerprint density at radius 3 is 2.58 bits per heavy atom. The second kappa shape index (κ2) is 9.89. The number of rotatable bonds is 5. The van der Waals surface area contributed by atoms with Gasteiger partial charge in [-0.25, -0.2) is 4.98 Å². The highest BCUT2D eigenvalue weighted by molar-refractivity contribution is 7.09. The number of anilines is 1. The Hall–Kier alpha value is -2.29. The lowest BCUT2D eigenvalue weighted by Gasteiger charge is -2.31. The van der Waals surface area contributed by atoms with Crippen LogP contribution >= 0.6 is 11.3 Å². The number of thiazole rings is 1. The normalized spacial score (nSPS) is 18.2. The van der Waals surface area contributed by atoms with Crippen LogP contribution in [0.15, 0.2) is 23.6 Å². The van der Waals surface area contributed by atoms with Gasteiger partial charge >= 0.3 is 0 Å². The molecule has 1 aromatic carbocycles. The molecule has 0 unspecified atom stereocenters. The van der Waals surface area contributed by atoms with Crippen LogP contribution in [0.25, 0.3) is 0 Å². The van der Waals surface area contributed by atoms with E-state index in [2.05, 4.69) is 20.6 Å². The molecule has 8 heteroatoms. The summed E-state index contributed by atoms with van der Waals surface area (Å²) in [6.45, 7) is 8.92. The number of piperidine rings is 1. The van der Waals surface area contributed by atoms with Gasteiger partial charge in [0.05, 0.1) is 23.9 Å². The van der Waals surface area contributed by atoms with E-state index in [1.54, 1.807) is 11.3 Å². The molecule has 0 bridgehead atoms. The summed E-state index contributed by atoms with van der Waals surface area (Å²) >= 11 is 1.68. The number of hydrogen-bond acceptors (Lipinski definition) is 6. The molecule has 0 atom stereocenters. The monoisotopic (exact) mass is 442 g/mol. The van der Waals surface area contributed by atoms with E-state index in [0.29, 0.717) is 31.9 Å². The van der Waals surface area contributed by atoms with Gasteiger partial charge in [0.25, 0.3) is 5.91 Å². The minimum Gasteiger partial charge on any atom is -0.378 e. The van der Waals surface area contributed by atoms with Gasteiger partial charge in [0.15, 0.2) is 0 Å². The molecule has 2 fully saturated rings.